The van der Waals surface area contributed by atoms with Crippen molar-refractivity contribution in [3.8, 4) is 0 Å². The number of rotatable bonds is 24. The fraction of sp³-hybridized carbons (Fsp3) is 0.333. The number of amides is 6. The van der Waals surface area contributed by atoms with Gasteiger partial charge in [0.25, 0.3) is 17.7 Å². The molecule has 104 heavy (non-hydrogen) atoms. The van der Waals surface area contributed by atoms with Gasteiger partial charge in [0.1, 0.15) is 0 Å². The highest BCUT2D eigenvalue weighted by Gasteiger charge is 2.34. The minimum absolute atomic E-state index is 0.0119. The van der Waals surface area contributed by atoms with Crippen LogP contribution in [0.4, 0.5) is 0 Å². The van der Waals surface area contributed by atoms with Crippen LogP contribution >= 0.6 is 58.0 Å². The number of halogens is 5. The lowest BCUT2D eigenvalue weighted by Gasteiger charge is -2.25. The second kappa shape index (κ2) is 39.2. The van der Waals surface area contributed by atoms with Crippen LogP contribution in [0.1, 0.15) is 106 Å². The molecule has 3 heterocycles. The molecule has 3 saturated heterocycles. The zero-order valence-electron chi connectivity index (χ0n) is 58.1. The van der Waals surface area contributed by atoms with E-state index in [1.165, 1.54) is 0 Å². The molecule has 0 radical (unpaired) electrons. The topological polar surface area (TPSA) is 262 Å². The zero-order chi connectivity index (χ0) is 73.5. The normalized spacial score (nSPS) is 18.5. The zero-order valence-corrected chi connectivity index (χ0v) is 61.9. The lowest BCUT2D eigenvalue weighted by atomic mass is 10.1. The van der Waals surface area contributed by atoms with Crippen LogP contribution in [-0.4, -0.2) is 145 Å². The van der Waals surface area contributed by atoms with Gasteiger partial charge in [-0.2, -0.15) is 0 Å². The highest BCUT2D eigenvalue weighted by atomic mass is 35.5. The van der Waals surface area contributed by atoms with Crippen LogP contribution in [0.2, 0.25) is 25.1 Å². The van der Waals surface area contributed by atoms with E-state index in [4.69, 9.17) is 75.2 Å². The smallest absolute Gasteiger partial charge is 0.251 e. The first-order chi connectivity index (χ1) is 50.4. The Balaban J connectivity index is 0.000000167. The van der Waals surface area contributed by atoms with Gasteiger partial charge in [-0.1, -0.05) is 185 Å². The van der Waals surface area contributed by atoms with Gasteiger partial charge in [0.05, 0.1) is 28.2 Å². The van der Waals surface area contributed by atoms with E-state index in [1.807, 2.05) is 185 Å². The minimum Gasteiger partial charge on any atom is -0.350 e. The Hall–Kier alpha value is -8.21. The lowest BCUT2D eigenvalue weighted by molar-refractivity contribution is -0.134. The molecular formula is C81H91Cl5N12O6. The lowest BCUT2D eigenvalue weighted by Crippen LogP contribution is -2.48. The average molecular weight is 1510 g/mol. The standard InChI is InChI=1S/2C27H30Cl2N4O2.C27H31ClN4O2/c28-23-8-3-7-21(25(23)29)17-33-14-12-22(32-24(27(33)35)9-4-13-30)16-31-26(34)20-11-10-18-5-1-2-6-19(18)15-20;28-22-10-9-21(24(29)15-22)17-33-13-11-23(32-25(27(33)35)6-3-12-30)16-31-26(34)20-8-7-18-4-1-2-5-19(18)14-20;28-24-9-4-3-8-22(24)18-32-15-13-23(31-25(27(32)34)10-5-14-29)17-30-26(33)21-12-11-19-6-1-2-7-20(19)16-21/h1-3,5-8,10-11,15,22,24,32H,4,9,12-14,16-17,30H2,(H,31,34);1-2,4-5,7-10,14-15,23,25,32H,3,6,11-13,16-17,30H2,(H,31,34);1-4,6-9,11-12,16,23,25,31H,5,10,13-15,17-18,29H2,(H,30,33)/t22-,24-;2*23-,25-/m000/s1. The summed E-state index contributed by atoms with van der Waals surface area (Å²) in [5.41, 5.74) is 21.6. The number of hydrogen-bond acceptors (Lipinski definition) is 12. The van der Waals surface area contributed by atoms with E-state index in [1.54, 1.807) is 18.2 Å². The molecule has 9 aromatic carbocycles. The van der Waals surface area contributed by atoms with Crippen molar-refractivity contribution >= 4 is 126 Å². The van der Waals surface area contributed by atoms with Crippen molar-refractivity contribution < 1.29 is 28.8 Å². The Morgan fingerprint density at radius 1 is 0.375 bits per heavy atom. The minimum atomic E-state index is -0.374. The van der Waals surface area contributed by atoms with Gasteiger partial charge in [-0.15, -0.1) is 0 Å². The van der Waals surface area contributed by atoms with Crippen molar-refractivity contribution in [3.05, 3.63) is 247 Å². The Labute approximate surface area is 633 Å². The largest absolute Gasteiger partial charge is 0.350 e. The maximum absolute atomic E-state index is 13.3. The molecule has 0 spiro atoms. The summed E-state index contributed by atoms with van der Waals surface area (Å²) in [4.78, 5) is 84.0. The van der Waals surface area contributed by atoms with Crippen molar-refractivity contribution in [2.24, 2.45) is 17.2 Å². The number of carbonyl (C=O) groups excluding carboxylic acids is 6. The van der Waals surface area contributed by atoms with E-state index in [0.717, 1.165) is 74.7 Å². The fourth-order valence-electron chi connectivity index (χ4n) is 13.3. The van der Waals surface area contributed by atoms with Crippen molar-refractivity contribution in [2.45, 2.75) is 114 Å². The van der Waals surface area contributed by atoms with Gasteiger partial charge in [-0.05, 0) is 187 Å². The Bertz CT molecular complexity index is 4440. The molecule has 3 aliphatic heterocycles. The quantitative estimate of drug-likeness (QED) is 0.0274. The third-order valence-electron chi connectivity index (χ3n) is 19.1. The Morgan fingerprint density at radius 3 is 1.09 bits per heavy atom. The van der Waals surface area contributed by atoms with Gasteiger partial charge in [0, 0.05) is 109 Å². The van der Waals surface area contributed by atoms with Crippen LogP contribution < -0.4 is 49.1 Å². The van der Waals surface area contributed by atoms with E-state index in [0.29, 0.717) is 152 Å². The van der Waals surface area contributed by atoms with Crippen LogP contribution in [-0.2, 0) is 34.0 Å². The molecule has 0 bridgehead atoms. The highest BCUT2D eigenvalue weighted by molar-refractivity contribution is 6.42. The maximum atomic E-state index is 13.3. The van der Waals surface area contributed by atoms with Crippen LogP contribution in [0.15, 0.2) is 188 Å². The van der Waals surface area contributed by atoms with Crippen LogP contribution in [0.5, 0.6) is 0 Å². The summed E-state index contributed by atoms with van der Waals surface area (Å²) in [7, 11) is 0. The van der Waals surface area contributed by atoms with Gasteiger partial charge < -0.3 is 63.8 Å². The van der Waals surface area contributed by atoms with E-state index >= 15 is 0 Å². The second-order valence-electron chi connectivity index (χ2n) is 26.5. The molecule has 9 aromatic rings. The van der Waals surface area contributed by atoms with Gasteiger partial charge in [0.2, 0.25) is 17.7 Å². The molecule has 0 saturated carbocycles. The number of benzene rings is 9. The molecular weight excluding hydrogens is 1410 g/mol. The van der Waals surface area contributed by atoms with Gasteiger partial charge >= 0.3 is 0 Å². The number of nitrogens with one attached hydrogen (secondary N) is 6. The predicted molar refractivity (Wildman–Crippen MR) is 420 cm³/mol. The molecule has 3 aliphatic rings. The first kappa shape index (κ1) is 78.4. The summed E-state index contributed by atoms with van der Waals surface area (Å²) in [6.45, 7) is 5.79. The molecule has 546 valence electrons. The first-order valence-electron chi connectivity index (χ1n) is 35.6. The summed E-state index contributed by atoms with van der Waals surface area (Å²) >= 11 is 31.3. The highest BCUT2D eigenvalue weighted by Crippen LogP contribution is 2.29. The SMILES string of the molecule is NCCC[C@@H]1N[C@H](CNC(=O)c2ccc3ccccc3c2)CCN(Cc2ccc(Cl)cc2Cl)C1=O.NCCC[C@@H]1N[C@H](CNC(=O)c2ccc3ccccc3c2)CCN(Cc2cccc(Cl)c2Cl)C1=O.NCCC[C@@H]1N[C@H](CNC(=O)c2ccc3ccccc3c2)CCN(Cc2ccccc2Cl)C1=O. The molecule has 23 heteroatoms. The van der Waals surface area contributed by atoms with Crippen LogP contribution in [0.25, 0.3) is 32.3 Å². The molecule has 6 atom stereocenters. The fourth-order valence-corrected chi connectivity index (χ4v) is 14.3. The predicted octanol–water partition coefficient (Wildman–Crippen LogP) is 12.5. The van der Waals surface area contributed by atoms with Crippen molar-refractivity contribution in [2.75, 3.05) is 58.9 Å². The molecule has 0 aromatic heterocycles. The number of fused-ring (bicyclic) bond motifs is 3. The maximum Gasteiger partial charge on any atom is 0.251 e. The third-order valence-corrected chi connectivity index (χ3v) is 20.9. The van der Waals surface area contributed by atoms with E-state index in [-0.39, 0.29) is 71.7 Å². The number of nitrogens with two attached hydrogens (primary N) is 3. The molecule has 0 aliphatic carbocycles. The second-order valence-corrected chi connectivity index (χ2v) is 28.6. The van der Waals surface area contributed by atoms with Gasteiger partial charge in [-0.25, -0.2) is 0 Å². The van der Waals surface area contributed by atoms with Gasteiger partial charge in [0.15, 0.2) is 0 Å². The van der Waals surface area contributed by atoms with Gasteiger partial charge in [-0.3, -0.25) is 28.8 Å². The molecule has 6 amide bonds. The van der Waals surface area contributed by atoms with E-state index in [9.17, 15) is 28.8 Å². The number of hydrogen-bond donors (Lipinski definition) is 9. The van der Waals surface area contributed by atoms with Crippen molar-refractivity contribution in [1.29, 1.82) is 0 Å². The average Bonchev–Trinajstić information content (AvgIpc) is 0.869. The Kier molecular flexibility index (Phi) is 29.6. The van der Waals surface area contributed by atoms with Crippen LogP contribution in [0.3, 0.4) is 0 Å². The monoisotopic (exact) mass is 1500 g/mol. The molecule has 0 unspecified atom stereocenters. The molecule has 12 rings (SSSR count). The number of nitrogens with zero attached hydrogens (tertiary/aromatic N) is 3. The van der Waals surface area contributed by atoms with Crippen molar-refractivity contribution in [1.82, 2.24) is 46.6 Å². The molecule has 3 fully saturated rings. The van der Waals surface area contributed by atoms with Crippen molar-refractivity contribution in [3.63, 3.8) is 0 Å². The first-order valence-corrected chi connectivity index (χ1v) is 37.5. The summed E-state index contributed by atoms with van der Waals surface area (Å²) in [5.74, 6) is -0.289. The summed E-state index contributed by atoms with van der Waals surface area (Å²) in [5, 5.41) is 28.6. The summed E-state index contributed by atoms with van der Waals surface area (Å²) < 4.78 is 0. The number of carbonyl (C=O) groups is 6. The summed E-state index contributed by atoms with van der Waals surface area (Å²) in [6.07, 6.45) is 6.26. The third kappa shape index (κ3) is 22.0. The molecule has 18 nitrogen and oxygen atoms in total. The molecule has 12 N–H and O–H groups in total. The Morgan fingerprint density at radius 2 is 0.712 bits per heavy atom. The van der Waals surface area contributed by atoms with E-state index < -0.39 is 0 Å². The van der Waals surface area contributed by atoms with Crippen LogP contribution in [0, 0.1) is 0 Å². The van der Waals surface area contributed by atoms with E-state index in [2.05, 4.69) is 31.9 Å². The summed E-state index contributed by atoms with van der Waals surface area (Å²) in [6, 6.07) is 58.2.